The normalized spacial score (nSPS) is 13.8. The number of aryl methyl sites for hydroxylation is 1. The van der Waals surface area contributed by atoms with Gasteiger partial charge in [0.2, 0.25) is 0 Å². The highest BCUT2D eigenvalue weighted by atomic mass is 32.2. The van der Waals surface area contributed by atoms with Gasteiger partial charge in [-0.05, 0) is 49.6 Å². The molecule has 2 aromatic heterocycles. The Morgan fingerprint density at radius 2 is 1.95 bits per heavy atom. The predicted molar refractivity (Wildman–Crippen MR) is 156 cm³/mol. The van der Waals surface area contributed by atoms with Gasteiger partial charge in [0.25, 0.3) is 0 Å². The van der Waals surface area contributed by atoms with Gasteiger partial charge in [-0.15, -0.1) is 0 Å². The number of pyridine rings is 2. The minimum Gasteiger partial charge on any atom is -0.341 e. The Morgan fingerprint density at radius 1 is 1.16 bits per heavy atom. The molecule has 38 heavy (non-hydrogen) atoms. The second kappa shape index (κ2) is 11.9. The number of nitrogens with one attached hydrogen (secondary N) is 1. The van der Waals surface area contributed by atoms with E-state index < -0.39 is 15.3 Å². The molecule has 3 aromatic rings. The number of nitrogens with zero attached hydrogens (tertiary/aromatic N) is 2. The first-order valence-corrected chi connectivity index (χ1v) is 14.1. The summed E-state index contributed by atoms with van der Waals surface area (Å²) in [5.74, 6) is 0.181. The second-order valence-electron chi connectivity index (χ2n) is 8.95. The van der Waals surface area contributed by atoms with Gasteiger partial charge in [-0.25, -0.2) is 13.4 Å². The first-order valence-electron chi connectivity index (χ1n) is 12.5. The monoisotopic (exact) mass is 525 g/mol. The third-order valence-electron chi connectivity index (χ3n) is 5.87. The van der Waals surface area contributed by atoms with Crippen LogP contribution in [0.2, 0.25) is 0 Å². The summed E-state index contributed by atoms with van der Waals surface area (Å²) in [5, 5.41) is 3.40. The van der Waals surface area contributed by atoms with E-state index in [1.807, 2.05) is 79.8 Å². The molecule has 0 amide bonds. The quantitative estimate of drug-likeness (QED) is 0.329. The van der Waals surface area contributed by atoms with E-state index in [9.17, 15) is 13.2 Å². The molecule has 0 spiro atoms. The first kappa shape index (κ1) is 26.8. The summed E-state index contributed by atoms with van der Waals surface area (Å²) in [6.45, 7) is 7.66. The zero-order valence-corrected chi connectivity index (χ0v) is 22.4. The SMILES string of the molecule is C=C(/C=C\C=C/CC)CS(=O)(=O)c1cc(C)nc2c1c(=O)cc(NC1=CCC=CC=C1)n2-c1ccccc1. The summed E-state index contributed by atoms with van der Waals surface area (Å²) in [4.78, 5) is 18.2. The van der Waals surface area contributed by atoms with E-state index in [1.54, 1.807) is 23.6 Å². The Kier molecular flexibility index (Phi) is 8.38. The Bertz CT molecular complexity index is 1670. The number of anilines is 1. The summed E-state index contributed by atoms with van der Waals surface area (Å²) in [7, 11) is -3.90. The van der Waals surface area contributed by atoms with Gasteiger partial charge >= 0.3 is 0 Å². The maximum absolute atomic E-state index is 13.6. The van der Waals surface area contributed by atoms with Crippen molar-refractivity contribution in [2.45, 2.75) is 31.6 Å². The van der Waals surface area contributed by atoms with Crippen LogP contribution in [-0.4, -0.2) is 23.7 Å². The molecule has 0 fully saturated rings. The highest BCUT2D eigenvalue weighted by Gasteiger charge is 2.24. The lowest BCUT2D eigenvalue weighted by Crippen LogP contribution is -2.19. The lowest BCUT2D eigenvalue weighted by atomic mass is 10.2. The van der Waals surface area contributed by atoms with Crippen LogP contribution < -0.4 is 10.7 Å². The van der Waals surface area contributed by atoms with Gasteiger partial charge < -0.3 is 5.32 Å². The van der Waals surface area contributed by atoms with Crippen molar-refractivity contribution < 1.29 is 8.42 Å². The predicted octanol–water partition coefficient (Wildman–Crippen LogP) is 6.36. The standard InChI is InChI=1S/C31H31N3O3S/c1-4-5-6-10-15-23(2)22-38(36,37)28-20-24(3)32-31-30(28)27(35)21-29(33-25-16-11-7-8-12-17-25)34(31)26-18-13-9-14-19-26/h5-11,13-21,33H,2,4,12,22H2,1,3H3/b6-5-,15-10-. The molecule has 0 bridgehead atoms. The van der Waals surface area contributed by atoms with Gasteiger partial charge in [-0.2, -0.15) is 0 Å². The van der Waals surface area contributed by atoms with Crippen molar-refractivity contribution in [2.24, 2.45) is 0 Å². The van der Waals surface area contributed by atoms with Crippen molar-refractivity contribution in [2.75, 3.05) is 11.1 Å². The van der Waals surface area contributed by atoms with Gasteiger partial charge in [0.1, 0.15) is 5.82 Å². The molecule has 6 nitrogen and oxygen atoms in total. The molecule has 1 aliphatic rings. The average molecular weight is 526 g/mol. The zero-order chi connectivity index (χ0) is 27.1. The number of sulfone groups is 1. The number of para-hydroxylation sites is 1. The number of hydrogen-bond acceptors (Lipinski definition) is 5. The van der Waals surface area contributed by atoms with E-state index in [2.05, 4.69) is 16.9 Å². The summed E-state index contributed by atoms with van der Waals surface area (Å²) >= 11 is 0. The number of rotatable bonds is 9. The van der Waals surface area contributed by atoms with E-state index in [0.717, 1.165) is 24.2 Å². The summed E-state index contributed by atoms with van der Waals surface area (Å²) in [6, 6.07) is 12.3. The van der Waals surface area contributed by atoms with Crippen LogP contribution in [0.25, 0.3) is 16.7 Å². The number of fused-ring (bicyclic) bond motifs is 1. The summed E-state index contributed by atoms with van der Waals surface area (Å²) in [6.07, 6.45) is 18.7. The van der Waals surface area contributed by atoms with Crippen LogP contribution in [0.15, 0.2) is 125 Å². The Hall–Kier alpha value is -4.23. The molecule has 0 atom stereocenters. The molecule has 7 heteroatoms. The van der Waals surface area contributed by atoms with Crippen molar-refractivity contribution in [1.29, 1.82) is 0 Å². The van der Waals surface area contributed by atoms with Gasteiger partial charge in [0.15, 0.2) is 20.9 Å². The maximum Gasteiger partial charge on any atom is 0.194 e. The highest BCUT2D eigenvalue weighted by Crippen LogP contribution is 2.28. The molecule has 1 aromatic carbocycles. The smallest absolute Gasteiger partial charge is 0.194 e. The fraction of sp³-hybridized carbons (Fsp3) is 0.161. The molecule has 2 heterocycles. The molecule has 0 saturated carbocycles. The van der Waals surface area contributed by atoms with Gasteiger partial charge in [0, 0.05) is 23.1 Å². The van der Waals surface area contributed by atoms with E-state index in [0.29, 0.717) is 17.1 Å². The van der Waals surface area contributed by atoms with Crippen molar-refractivity contribution in [3.05, 3.63) is 131 Å². The molecule has 0 unspecified atom stereocenters. The number of aromatic nitrogens is 2. The molecule has 1 aliphatic carbocycles. The highest BCUT2D eigenvalue weighted by molar-refractivity contribution is 7.91. The Labute approximate surface area is 223 Å². The lowest BCUT2D eigenvalue weighted by Gasteiger charge is -2.19. The van der Waals surface area contributed by atoms with Crippen molar-refractivity contribution in [3.8, 4) is 5.69 Å². The third kappa shape index (κ3) is 6.18. The van der Waals surface area contributed by atoms with Gasteiger partial charge in [0.05, 0.1) is 16.0 Å². The molecule has 0 radical (unpaired) electrons. The third-order valence-corrected chi connectivity index (χ3v) is 7.61. The van der Waals surface area contributed by atoms with Crippen LogP contribution in [0.1, 0.15) is 25.5 Å². The Balaban J connectivity index is 1.91. The van der Waals surface area contributed by atoms with Crippen LogP contribution >= 0.6 is 0 Å². The summed E-state index contributed by atoms with van der Waals surface area (Å²) in [5.41, 5.74) is 2.32. The number of hydrogen-bond donors (Lipinski definition) is 1. The fourth-order valence-corrected chi connectivity index (χ4v) is 5.76. The van der Waals surface area contributed by atoms with Crippen molar-refractivity contribution >= 4 is 26.7 Å². The summed E-state index contributed by atoms with van der Waals surface area (Å²) < 4.78 is 29.0. The number of benzene rings is 1. The maximum atomic E-state index is 13.6. The molecule has 194 valence electrons. The van der Waals surface area contributed by atoms with E-state index >= 15 is 0 Å². The van der Waals surface area contributed by atoms with Crippen LogP contribution in [0.5, 0.6) is 0 Å². The minimum absolute atomic E-state index is 0.0438. The largest absolute Gasteiger partial charge is 0.341 e. The molecule has 0 saturated heterocycles. The minimum atomic E-state index is -3.90. The van der Waals surface area contributed by atoms with E-state index in [-0.39, 0.29) is 21.7 Å². The van der Waals surface area contributed by atoms with Crippen LogP contribution in [0.3, 0.4) is 0 Å². The molecular weight excluding hydrogens is 494 g/mol. The number of allylic oxidation sites excluding steroid dienone is 9. The van der Waals surface area contributed by atoms with Crippen molar-refractivity contribution in [3.63, 3.8) is 0 Å². The van der Waals surface area contributed by atoms with E-state index in [1.165, 1.54) is 12.1 Å². The first-order chi connectivity index (χ1) is 18.3. The molecule has 0 aliphatic heterocycles. The van der Waals surface area contributed by atoms with Crippen LogP contribution in [0.4, 0.5) is 5.82 Å². The van der Waals surface area contributed by atoms with Crippen LogP contribution in [0, 0.1) is 6.92 Å². The molecular formula is C31H31N3O3S. The fourth-order valence-electron chi connectivity index (χ4n) is 4.17. The van der Waals surface area contributed by atoms with Gasteiger partial charge in [-0.1, -0.05) is 80.3 Å². The van der Waals surface area contributed by atoms with E-state index in [4.69, 9.17) is 0 Å². The topological polar surface area (TPSA) is 81.1 Å². The second-order valence-corrected chi connectivity index (χ2v) is 10.9. The van der Waals surface area contributed by atoms with Gasteiger partial charge in [-0.3, -0.25) is 9.36 Å². The molecule has 1 N–H and O–H groups in total. The lowest BCUT2D eigenvalue weighted by molar-refractivity contribution is 0.599. The zero-order valence-electron chi connectivity index (χ0n) is 21.6. The van der Waals surface area contributed by atoms with Crippen LogP contribution in [-0.2, 0) is 9.84 Å². The molecule has 4 rings (SSSR count). The van der Waals surface area contributed by atoms with Crippen molar-refractivity contribution in [1.82, 2.24) is 9.55 Å². The Morgan fingerprint density at radius 3 is 2.71 bits per heavy atom. The average Bonchev–Trinajstić information content (AvgIpc) is 3.15.